The molecule has 2 aliphatic carbocycles. The fourth-order valence-corrected chi connectivity index (χ4v) is 9.74. The van der Waals surface area contributed by atoms with Gasteiger partial charge in [-0.2, -0.15) is 0 Å². The summed E-state index contributed by atoms with van der Waals surface area (Å²) in [6, 6.07) is 63.3. The van der Waals surface area contributed by atoms with Gasteiger partial charge in [0.05, 0.1) is 27.5 Å². The standard InChI is InChI=1S/C47H28N2/c1-5-16-36-32(12-1)33-13-2-6-17-37(33)47(36)38-18-9-11-29-23-28-43-46(44(29)38)45-39(47)19-10-22-42(45)49(43)31-26-24-30(25-27-31)48-40-20-7-3-14-34(40)35-15-4-8-21-41(35)48/h1-28H. The van der Waals surface area contributed by atoms with Crippen LogP contribution in [0.1, 0.15) is 22.3 Å². The number of rotatable bonds is 2. The van der Waals surface area contributed by atoms with Crippen LogP contribution in [0.4, 0.5) is 0 Å². The predicted molar refractivity (Wildman–Crippen MR) is 203 cm³/mol. The maximum Gasteiger partial charge on any atom is 0.0726 e. The molecule has 0 bridgehead atoms. The van der Waals surface area contributed by atoms with E-state index < -0.39 is 0 Å². The van der Waals surface area contributed by atoms with E-state index in [4.69, 9.17) is 0 Å². The Morgan fingerprint density at radius 2 is 0.776 bits per heavy atom. The van der Waals surface area contributed by atoms with E-state index in [0.29, 0.717) is 0 Å². The molecule has 2 aliphatic rings. The molecule has 2 heterocycles. The quantitative estimate of drug-likeness (QED) is 0.182. The molecule has 2 aromatic heterocycles. The first-order valence-electron chi connectivity index (χ1n) is 17.1. The van der Waals surface area contributed by atoms with Gasteiger partial charge in [-0.25, -0.2) is 0 Å². The van der Waals surface area contributed by atoms with Crippen molar-refractivity contribution in [1.82, 2.24) is 9.13 Å². The van der Waals surface area contributed by atoms with Gasteiger partial charge in [0.1, 0.15) is 0 Å². The summed E-state index contributed by atoms with van der Waals surface area (Å²) >= 11 is 0. The van der Waals surface area contributed by atoms with E-state index in [9.17, 15) is 0 Å². The van der Waals surface area contributed by atoms with Crippen LogP contribution in [0.2, 0.25) is 0 Å². The van der Waals surface area contributed by atoms with Crippen molar-refractivity contribution in [2.45, 2.75) is 5.41 Å². The maximum atomic E-state index is 2.49. The van der Waals surface area contributed by atoms with E-state index in [-0.39, 0.29) is 5.41 Å². The number of aromatic nitrogens is 2. The van der Waals surface area contributed by atoms with Crippen molar-refractivity contribution in [2.24, 2.45) is 0 Å². The number of hydrogen-bond donors (Lipinski definition) is 0. The SMILES string of the molecule is c1ccc2c(c1)-c1ccccc1C21c2cccc3ccc4c(c23)c2c1cccc2n4-c1ccc(-n2c3ccccc3c3ccccc32)cc1. The van der Waals surface area contributed by atoms with Gasteiger partial charge >= 0.3 is 0 Å². The van der Waals surface area contributed by atoms with Crippen LogP contribution >= 0.6 is 0 Å². The molecule has 0 atom stereocenters. The minimum atomic E-state index is -0.389. The van der Waals surface area contributed by atoms with Gasteiger partial charge in [0.15, 0.2) is 0 Å². The lowest BCUT2D eigenvalue weighted by molar-refractivity contribution is 0.783. The summed E-state index contributed by atoms with van der Waals surface area (Å²) in [5.41, 5.74) is 15.1. The number of para-hydroxylation sites is 2. The zero-order valence-electron chi connectivity index (χ0n) is 26.6. The van der Waals surface area contributed by atoms with Crippen molar-refractivity contribution in [3.8, 4) is 22.5 Å². The average molecular weight is 621 g/mol. The second-order valence-corrected chi connectivity index (χ2v) is 13.6. The molecular formula is C47H28N2. The summed E-state index contributed by atoms with van der Waals surface area (Å²) in [7, 11) is 0. The first kappa shape index (κ1) is 25.7. The smallest absolute Gasteiger partial charge is 0.0726 e. The van der Waals surface area contributed by atoms with Crippen LogP contribution in [0.15, 0.2) is 170 Å². The highest BCUT2D eigenvalue weighted by atomic mass is 15.0. The number of fused-ring (bicyclic) bond motifs is 10. The largest absolute Gasteiger partial charge is 0.309 e. The van der Waals surface area contributed by atoms with Crippen molar-refractivity contribution in [1.29, 1.82) is 0 Å². The molecule has 2 nitrogen and oxygen atoms in total. The molecule has 0 saturated heterocycles. The highest BCUT2D eigenvalue weighted by Crippen LogP contribution is 2.62. The minimum absolute atomic E-state index is 0.389. The van der Waals surface area contributed by atoms with Gasteiger partial charge in [-0.15, -0.1) is 0 Å². The fourth-order valence-electron chi connectivity index (χ4n) is 9.74. The lowest BCUT2D eigenvalue weighted by Gasteiger charge is -2.37. The molecule has 0 unspecified atom stereocenters. The lowest BCUT2D eigenvalue weighted by Crippen LogP contribution is -2.30. The summed E-state index contributed by atoms with van der Waals surface area (Å²) in [6.45, 7) is 0. The highest BCUT2D eigenvalue weighted by molar-refractivity contribution is 6.26. The molecule has 0 saturated carbocycles. The lowest BCUT2D eigenvalue weighted by atomic mass is 9.63. The molecule has 12 rings (SSSR count). The summed E-state index contributed by atoms with van der Waals surface area (Å²) in [6.07, 6.45) is 0. The number of benzene rings is 8. The Morgan fingerprint density at radius 1 is 0.306 bits per heavy atom. The van der Waals surface area contributed by atoms with Gasteiger partial charge in [-0.3, -0.25) is 0 Å². The predicted octanol–water partition coefficient (Wildman–Crippen LogP) is 11.7. The van der Waals surface area contributed by atoms with Gasteiger partial charge in [0.2, 0.25) is 0 Å². The molecule has 10 aromatic rings. The number of hydrogen-bond acceptors (Lipinski definition) is 0. The van der Waals surface area contributed by atoms with Crippen molar-refractivity contribution in [2.75, 3.05) is 0 Å². The third-order valence-corrected chi connectivity index (χ3v) is 11.5. The van der Waals surface area contributed by atoms with Gasteiger partial charge in [0.25, 0.3) is 0 Å². The Labute approximate surface area is 282 Å². The van der Waals surface area contributed by atoms with Gasteiger partial charge in [-0.1, -0.05) is 121 Å². The molecule has 2 heteroatoms. The first-order chi connectivity index (χ1) is 24.3. The molecule has 0 aliphatic heterocycles. The van der Waals surface area contributed by atoms with E-state index in [1.54, 1.807) is 0 Å². The summed E-state index contributed by atoms with van der Waals surface area (Å²) in [4.78, 5) is 0. The Bertz CT molecular complexity index is 2950. The van der Waals surface area contributed by atoms with Crippen molar-refractivity contribution in [3.63, 3.8) is 0 Å². The average Bonchev–Trinajstić information content (AvgIpc) is 3.79. The third kappa shape index (κ3) is 2.96. The van der Waals surface area contributed by atoms with Crippen LogP contribution in [-0.2, 0) is 5.41 Å². The van der Waals surface area contributed by atoms with Gasteiger partial charge in [-0.05, 0) is 92.7 Å². The van der Waals surface area contributed by atoms with Crippen molar-refractivity contribution < 1.29 is 0 Å². The van der Waals surface area contributed by atoms with Crippen LogP contribution in [0, 0.1) is 0 Å². The zero-order valence-corrected chi connectivity index (χ0v) is 26.6. The molecule has 1 spiro atoms. The van der Waals surface area contributed by atoms with Crippen molar-refractivity contribution >= 4 is 54.4 Å². The van der Waals surface area contributed by atoms with Crippen LogP contribution in [-0.4, -0.2) is 9.13 Å². The topological polar surface area (TPSA) is 9.86 Å². The van der Waals surface area contributed by atoms with E-state index in [2.05, 4.69) is 179 Å². The maximum absolute atomic E-state index is 2.49. The zero-order chi connectivity index (χ0) is 31.8. The second-order valence-electron chi connectivity index (χ2n) is 13.6. The second kappa shape index (κ2) is 8.94. The molecule has 0 radical (unpaired) electrons. The van der Waals surface area contributed by atoms with E-state index in [1.807, 2.05) is 0 Å². The Hall–Kier alpha value is -6.38. The summed E-state index contributed by atoms with van der Waals surface area (Å²) in [5.74, 6) is 0. The Balaban J connectivity index is 1.16. The molecule has 226 valence electrons. The highest BCUT2D eigenvalue weighted by Gasteiger charge is 2.49. The van der Waals surface area contributed by atoms with E-state index in [0.717, 1.165) is 5.69 Å². The first-order valence-corrected chi connectivity index (χ1v) is 17.1. The monoisotopic (exact) mass is 620 g/mol. The molecule has 0 fully saturated rings. The summed E-state index contributed by atoms with van der Waals surface area (Å²) < 4.78 is 4.89. The normalized spacial score (nSPS) is 13.9. The minimum Gasteiger partial charge on any atom is -0.309 e. The van der Waals surface area contributed by atoms with Crippen LogP contribution in [0.25, 0.3) is 76.9 Å². The molecular weight excluding hydrogens is 593 g/mol. The molecule has 8 aromatic carbocycles. The molecule has 0 N–H and O–H groups in total. The van der Waals surface area contributed by atoms with Gasteiger partial charge in [0, 0.05) is 32.9 Å². The Kier molecular flexibility index (Phi) is 4.69. The fraction of sp³-hybridized carbons (Fsp3) is 0.0213. The Morgan fingerprint density at radius 3 is 1.43 bits per heavy atom. The van der Waals surface area contributed by atoms with E-state index in [1.165, 1.54) is 93.5 Å². The van der Waals surface area contributed by atoms with Crippen molar-refractivity contribution in [3.05, 3.63) is 192 Å². The van der Waals surface area contributed by atoms with Crippen LogP contribution in [0.3, 0.4) is 0 Å². The number of nitrogens with zero attached hydrogens (tertiary/aromatic N) is 2. The van der Waals surface area contributed by atoms with E-state index >= 15 is 0 Å². The summed E-state index contributed by atoms with van der Waals surface area (Å²) in [5, 5.41) is 7.94. The third-order valence-electron chi connectivity index (χ3n) is 11.5. The van der Waals surface area contributed by atoms with Crippen LogP contribution < -0.4 is 0 Å². The molecule has 0 amide bonds. The van der Waals surface area contributed by atoms with Crippen LogP contribution in [0.5, 0.6) is 0 Å². The van der Waals surface area contributed by atoms with Gasteiger partial charge < -0.3 is 9.13 Å². The molecule has 49 heavy (non-hydrogen) atoms.